The van der Waals surface area contributed by atoms with Crippen LogP contribution in [0, 0.1) is 6.92 Å². The molecule has 0 aliphatic rings. The number of sulfonamides is 1. The summed E-state index contributed by atoms with van der Waals surface area (Å²) in [6.45, 7) is 1.67. The highest BCUT2D eigenvalue weighted by atomic mass is 32.2. The molecule has 0 atom stereocenters. The van der Waals surface area contributed by atoms with E-state index in [2.05, 4.69) is 20.0 Å². The molecule has 4 rings (SSSR count). The highest BCUT2D eigenvalue weighted by Gasteiger charge is 2.19. The minimum Gasteiger partial charge on any atom is -0.356 e. The van der Waals surface area contributed by atoms with Gasteiger partial charge in [-0.1, -0.05) is 10.3 Å². The highest BCUT2D eigenvalue weighted by molar-refractivity contribution is 7.94. The third-order valence-corrected chi connectivity index (χ3v) is 6.31. The van der Waals surface area contributed by atoms with Gasteiger partial charge in [0, 0.05) is 35.2 Å². The van der Waals surface area contributed by atoms with Gasteiger partial charge in [0.05, 0.1) is 6.20 Å². The molecule has 26 heavy (non-hydrogen) atoms. The van der Waals surface area contributed by atoms with Crippen LogP contribution in [0.15, 0.2) is 61.2 Å². The van der Waals surface area contributed by atoms with Gasteiger partial charge in [-0.05, 0) is 30.3 Å². The van der Waals surface area contributed by atoms with Crippen molar-refractivity contribution in [3.05, 3.63) is 53.9 Å². The molecule has 0 radical (unpaired) electrons. The average Bonchev–Trinajstić information content (AvgIpc) is 3.36. The molecule has 132 valence electrons. The Balaban J connectivity index is 1.55. The van der Waals surface area contributed by atoms with E-state index in [9.17, 15) is 8.42 Å². The number of aryl methyl sites for hydroxylation is 1. The van der Waals surface area contributed by atoms with Crippen molar-refractivity contribution >= 4 is 27.0 Å². The maximum Gasteiger partial charge on any atom is 0.271 e. The van der Waals surface area contributed by atoms with Crippen molar-refractivity contribution in [2.45, 2.75) is 11.1 Å². The summed E-state index contributed by atoms with van der Waals surface area (Å²) in [6, 6.07) is 10.1. The molecule has 0 fully saturated rings. The largest absolute Gasteiger partial charge is 0.356 e. The van der Waals surface area contributed by atoms with Crippen LogP contribution in [0.4, 0.5) is 5.69 Å². The first-order chi connectivity index (χ1) is 12.5. The van der Waals surface area contributed by atoms with Gasteiger partial charge in [-0.3, -0.25) is 4.72 Å². The molecular formula is C16H12N4O4S2. The lowest BCUT2D eigenvalue weighted by molar-refractivity contribution is 0.394. The molecule has 10 heteroatoms. The van der Waals surface area contributed by atoms with Crippen molar-refractivity contribution in [2.24, 2.45) is 0 Å². The van der Waals surface area contributed by atoms with Crippen LogP contribution in [-0.2, 0) is 10.0 Å². The second-order valence-electron chi connectivity index (χ2n) is 5.35. The van der Waals surface area contributed by atoms with Crippen LogP contribution >= 0.6 is 11.3 Å². The Morgan fingerprint density at radius 1 is 1.08 bits per heavy atom. The Morgan fingerprint density at radius 3 is 2.54 bits per heavy atom. The minimum atomic E-state index is -3.71. The van der Waals surface area contributed by atoms with Gasteiger partial charge in [0.25, 0.3) is 10.0 Å². The van der Waals surface area contributed by atoms with Gasteiger partial charge in [0.1, 0.15) is 4.21 Å². The van der Waals surface area contributed by atoms with E-state index in [1.807, 2.05) is 0 Å². The van der Waals surface area contributed by atoms with Gasteiger partial charge < -0.3 is 9.05 Å². The number of thiophene rings is 1. The lowest BCUT2D eigenvalue weighted by Crippen LogP contribution is -2.11. The smallest absolute Gasteiger partial charge is 0.271 e. The normalized spacial score (nSPS) is 11.6. The van der Waals surface area contributed by atoms with Crippen LogP contribution in [0.25, 0.3) is 22.7 Å². The number of benzene rings is 1. The summed E-state index contributed by atoms with van der Waals surface area (Å²) in [4.78, 5) is 4.09. The van der Waals surface area contributed by atoms with E-state index >= 15 is 0 Å². The molecule has 0 aliphatic carbocycles. The molecule has 8 nitrogen and oxygen atoms in total. The lowest BCUT2D eigenvalue weighted by Gasteiger charge is -2.06. The van der Waals surface area contributed by atoms with Crippen molar-refractivity contribution in [3.8, 4) is 22.7 Å². The standard InChI is InChI=1S/C16H12N4O4S2/c1-10-18-16(19-23-10)12-8-15(25-9-12)26(21,22)20-13-4-2-11(3-5-13)14-6-7-17-24-14/h2-9,20H,1H3. The van der Waals surface area contributed by atoms with Crippen molar-refractivity contribution in [1.29, 1.82) is 0 Å². The SMILES string of the molecule is Cc1nc(-c2csc(S(=O)(=O)Nc3ccc(-c4ccno4)cc3)c2)no1. The van der Waals surface area contributed by atoms with Crippen LogP contribution in [0.1, 0.15) is 5.89 Å². The van der Waals surface area contributed by atoms with Gasteiger partial charge in [-0.15, -0.1) is 11.3 Å². The first kappa shape index (κ1) is 16.5. The molecule has 0 aliphatic heterocycles. The summed E-state index contributed by atoms with van der Waals surface area (Å²) in [5.74, 6) is 1.38. The number of nitrogens with one attached hydrogen (secondary N) is 1. The molecule has 0 saturated carbocycles. The van der Waals surface area contributed by atoms with Gasteiger partial charge >= 0.3 is 0 Å². The van der Waals surface area contributed by atoms with Crippen molar-refractivity contribution in [3.63, 3.8) is 0 Å². The first-order valence-corrected chi connectivity index (χ1v) is 9.81. The molecule has 3 aromatic heterocycles. The number of hydrogen-bond donors (Lipinski definition) is 1. The Labute approximate surface area is 152 Å². The van der Waals surface area contributed by atoms with Gasteiger partial charge in [0.15, 0.2) is 5.76 Å². The van der Waals surface area contributed by atoms with Crippen LogP contribution < -0.4 is 4.72 Å². The maximum absolute atomic E-state index is 12.6. The Morgan fingerprint density at radius 2 is 1.88 bits per heavy atom. The summed E-state index contributed by atoms with van der Waals surface area (Å²) in [5.41, 5.74) is 1.84. The third kappa shape index (κ3) is 3.24. The minimum absolute atomic E-state index is 0.161. The molecule has 4 aromatic rings. The maximum atomic E-state index is 12.6. The van der Waals surface area contributed by atoms with Crippen molar-refractivity contribution in [2.75, 3.05) is 4.72 Å². The van der Waals surface area contributed by atoms with Crippen LogP contribution in [0.5, 0.6) is 0 Å². The predicted molar refractivity (Wildman–Crippen MR) is 95.1 cm³/mol. The van der Waals surface area contributed by atoms with E-state index in [-0.39, 0.29) is 4.21 Å². The summed E-state index contributed by atoms with van der Waals surface area (Å²) >= 11 is 1.09. The highest BCUT2D eigenvalue weighted by Crippen LogP contribution is 2.29. The Bertz CT molecular complexity index is 1130. The molecule has 0 spiro atoms. The molecule has 3 heterocycles. The molecule has 0 amide bonds. The van der Waals surface area contributed by atoms with E-state index in [1.54, 1.807) is 48.8 Å². The van der Waals surface area contributed by atoms with E-state index in [4.69, 9.17) is 9.05 Å². The molecule has 0 bridgehead atoms. The molecule has 1 aromatic carbocycles. The fraction of sp³-hybridized carbons (Fsp3) is 0.0625. The van der Waals surface area contributed by atoms with Crippen molar-refractivity contribution in [1.82, 2.24) is 15.3 Å². The molecule has 0 saturated heterocycles. The van der Waals surface area contributed by atoms with Gasteiger partial charge in [-0.25, -0.2) is 8.42 Å². The zero-order valence-electron chi connectivity index (χ0n) is 13.4. The average molecular weight is 388 g/mol. The van der Waals surface area contributed by atoms with Crippen molar-refractivity contribution < 1.29 is 17.5 Å². The topological polar surface area (TPSA) is 111 Å². The van der Waals surface area contributed by atoms with Crippen LogP contribution in [-0.4, -0.2) is 23.7 Å². The summed E-state index contributed by atoms with van der Waals surface area (Å²) in [5, 5.41) is 9.11. The third-order valence-electron chi connectivity index (χ3n) is 3.49. The number of rotatable bonds is 5. The second kappa shape index (κ2) is 6.39. The summed E-state index contributed by atoms with van der Waals surface area (Å²) in [6.07, 6.45) is 1.55. The number of hydrogen-bond acceptors (Lipinski definition) is 8. The van der Waals surface area contributed by atoms with E-state index in [0.29, 0.717) is 28.7 Å². The molecule has 1 N–H and O–H groups in total. The quantitative estimate of drug-likeness (QED) is 0.556. The number of aromatic nitrogens is 3. The van der Waals surface area contributed by atoms with E-state index in [0.717, 1.165) is 16.9 Å². The van der Waals surface area contributed by atoms with Crippen LogP contribution in [0.3, 0.4) is 0 Å². The van der Waals surface area contributed by atoms with Crippen LogP contribution in [0.2, 0.25) is 0 Å². The summed E-state index contributed by atoms with van der Waals surface area (Å²) in [7, 11) is -3.71. The first-order valence-electron chi connectivity index (χ1n) is 7.44. The molecule has 0 unspecified atom stereocenters. The lowest BCUT2D eigenvalue weighted by atomic mass is 10.1. The fourth-order valence-corrected chi connectivity index (χ4v) is 4.48. The van der Waals surface area contributed by atoms with E-state index < -0.39 is 10.0 Å². The predicted octanol–water partition coefficient (Wildman–Crippen LogP) is 3.56. The molecular weight excluding hydrogens is 376 g/mol. The number of nitrogens with zero attached hydrogens (tertiary/aromatic N) is 3. The zero-order chi connectivity index (χ0) is 18.1. The zero-order valence-corrected chi connectivity index (χ0v) is 15.0. The van der Waals surface area contributed by atoms with Gasteiger partial charge in [0.2, 0.25) is 11.7 Å². The summed E-state index contributed by atoms with van der Waals surface area (Å²) < 4.78 is 37.8. The number of anilines is 1. The van der Waals surface area contributed by atoms with E-state index in [1.165, 1.54) is 6.07 Å². The monoisotopic (exact) mass is 388 g/mol. The Hall–Kier alpha value is -2.98. The second-order valence-corrected chi connectivity index (χ2v) is 8.17. The fourth-order valence-electron chi connectivity index (χ4n) is 2.26. The Kier molecular flexibility index (Phi) is 4.05. The van der Waals surface area contributed by atoms with Gasteiger partial charge in [-0.2, -0.15) is 4.98 Å².